The number of hydrogen-bond donors (Lipinski definition) is 2. The molecule has 1 amide bonds. The average Bonchev–Trinajstić information content (AvgIpc) is 2.88. The van der Waals surface area contributed by atoms with E-state index in [-0.39, 0.29) is 13.5 Å². The van der Waals surface area contributed by atoms with Crippen LogP contribution in [0.2, 0.25) is 0 Å². The van der Waals surface area contributed by atoms with Crippen LogP contribution in [0.3, 0.4) is 0 Å². The molecule has 0 saturated heterocycles. The molecule has 0 bridgehead atoms. The molecule has 22 heavy (non-hydrogen) atoms. The summed E-state index contributed by atoms with van der Waals surface area (Å²) < 4.78 is 1.01. The van der Waals surface area contributed by atoms with Crippen molar-refractivity contribution in [3.8, 4) is 0 Å². The molecule has 0 aliphatic carbocycles. The molecule has 6 heteroatoms. The van der Waals surface area contributed by atoms with E-state index in [1.54, 1.807) is 24.3 Å². The van der Waals surface area contributed by atoms with Crippen molar-refractivity contribution >= 4 is 46.1 Å². The molecule has 3 rings (SSSR count). The zero-order chi connectivity index (χ0) is 14.8. The van der Waals surface area contributed by atoms with Gasteiger partial charge in [-0.15, -0.1) is 0 Å². The first-order valence-corrected chi connectivity index (χ1v) is 7.36. The fraction of sp³-hybridized carbons (Fsp3) is 0.125. The third-order valence-corrected chi connectivity index (χ3v) is 4.07. The van der Waals surface area contributed by atoms with Gasteiger partial charge in [0.2, 0.25) is 0 Å². The minimum Gasteiger partial charge on any atom is -0.378 e. The molecule has 1 heterocycles. The number of aliphatic hydroxyl groups is 1. The Hall–Kier alpha value is -1.89. The Balaban J connectivity index is 0.00000176. The summed E-state index contributed by atoms with van der Waals surface area (Å²) in [6, 6.07) is 14.8. The third-order valence-electron chi connectivity index (χ3n) is 3.14. The first-order valence-electron chi connectivity index (χ1n) is 6.54. The van der Waals surface area contributed by atoms with Gasteiger partial charge in [-0.05, 0) is 30.2 Å². The van der Waals surface area contributed by atoms with Crippen molar-refractivity contribution in [1.29, 1.82) is 0 Å². The lowest BCUT2D eigenvalue weighted by atomic mass is 10.1. The number of carbonyl (C=O) groups excluding carboxylic acids is 1. The zero-order valence-electron chi connectivity index (χ0n) is 11.9. The molecule has 1 atom stereocenters. The Morgan fingerprint density at radius 3 is 2.68 bits per heavy atom. The third kappa shape index (κ3) is 3.47. The monoisotopic (exact) mass is 332 g/mol. The van der Waals surface area contributed by atoms with Gasteiger partial charge in [0.05, 0.1) is 10.2 Å². The summed E-state index contributed by atoms with van der Waals surface area (Å²) in [6.07, 6.45) is -1.19. The van der Waals surface area contributed by atoms with Gasteiger partial charge in [0.25, 0.3) is 5.91 Å². The highest BCUT2D eigenvalue weighted by molar-refractivity contribution is 7.59. The number of benzene rings is 2. The fourth-order valence-electron chi connectivity index (χ4n) is 2.05. The predicted molar refractivity (Wildman–Crippen MR) is 94.8 cm³/mol. The fourth-order valence-corrected chi connectivity index (χ4v) is 3.01. The van der Waals surface area contributed by atoms with Crippen LogP contribution in [0.1, 0.15) is 17.2 Å². The summed E-state index contributed by atoms with van der Waals surface area (Å²) in [5.74, 6) is -0.475. The van der Waals surface area contributed by atoms with Crippen LogP contribution in [0.4, 0.5) is 5.13 Å². The maximum absolute atomic E-state index is 12.1. The van der Waals surface area contributed by atoms with Crippen LogP contribution in [-0.4, -0.2) is 16.0 Å². The lowest BCUT2D eigenvalue weighted by Gasteiger charge is -2.09. The van der Waals surface area contributed by atoms with Crippen LogP contribution in [0, 0.1) is 6.92 Å². The van der Waals surface area contributed by atoms with Crippen LogP contribution in [0.15, 0.2) is 48.5 Å². The molecule has 0 aliphatic rings. The second-order valence-corrected chi connectivity index (χ2v) is 5.82. The summed E-state index contributed by atoms with van der Waals surface area (Å²) in [5, 5.41) is 13.2. The second kappa shape index (κ2) is 6.91. The van der Waals surface area contributed by atoms with E-state index in [4.69, 9.17) is 0 Å². The van der Waals surface area contributed by atoms with Gasteiger partial charge < -0.3 is 5.11 Å². The molecular formula is C16H16N2O2S2. The summed E-state index contributed by atoms with van der Waals surface area (Å²) in [5.41, 5.74) is 2.55. The van der Waals surface area contributed by atoms with Crippen LogP contribution in [0.5, 0.6) is 0 Å². The molecule has 2 N–H and O–H groups in total. The summed E-state index contributed by atoms with van der Waals surface area (Å²) in [4.78, 5) is 16.4. The highest BCUT2D eigenvalue weighted by Gasteiger charge is 2.18. The van der Waals surface area contributed by atoms with Crippen LogP contribution >= 0.6 is 24.8 Å². The number of aromatic nitrogens is 1. The van der Waals surface area contributed by atoms with E-state index >= 15 is 0 Å². The molecule has 0 aliphatic heterocycles. The number of anilines is 1. The Bertz CT molecular complexity index is 787. The lowest BCUT2D eigenvalue weighted by Crippen LogP contribution is -2.20. The maximum Gasteiger partial charge on any atom is 0.259 e. The first kappa shape index (κ1) is 16.5. The highest BCUT2D eigenvalue weighted by atomic mass is 32.1. The van der Waals surface area contributed by atoms with Crippen molar-refractivity contribution in [3.63, 3.8) is 0 Å². The van der Waals surface area contributed by atoms with E-state index in [9.17, 15) is 9.90 Å². The number of fused-ring (bicyclic) bond motifs is 1. The van der Waals surface area contributed by atoms with Gasteiger partial charge in [-0.2, -0.15) is 13.5 Å². The van der Waals surface area contributed by atoms with E-state index in [1.807, 2.05) is 31.2 Å². The molecule has 0 radical (unpaired) electrons. The van der Waals surface area contributed by atoms with Crippen LogP contribution in [0.25, 0.3) is 10.2 Å². The van der Waals surface area contributed by atoms with E-state index in [0.717, 1.165) is 15.8 Å². The van der Waals surface area contributed by atoms with Crippen molar-refractivity contribution < 1.29 is 9.90 Å². The second-order valence-electron chi connectivity index (χ2n) is 4.79. The van der Waals surface area contributed by atoms with Crippen molar-refractivity contribution in [2.45, 2.75) is 13.0 Å². The van der Waals surface area contributed by atoms with Gasteiger partial charge in [0.15, 0.2) is 11.2 Å². The van der Waals surface area contributed by atoms with Crippen LogP contribution < -0.4 is 5.32 Å². The topological polar surface area (TPSA) is 62.2 Å². The van der Waals surface area contributed by atoms with Gasteiger partial charge in [0.1, 0.15) is 0 Å². The standard InChI is InChI=1S/C16H14N2O2S.H2S/c1-10-7-8-12-13(9-10)21-16(17-12)18-15(20)14(19)11-5-3-2-4-6-11;/h2-9,14,19H,1H3,(H,17,18,20);1H2/t14-;/m0./s1. The number of rotatable bonds is 3. The minimum atomic E-state index is -1.19. The molecular weight excluding hydrogens is 316 g/mol. The van der Waals surface area contributed by atoms with Crippen LogP contribution in [-0.2, 0) is 4.79 Å². The Morgan fingerprint density at radius 2 is 1.95 bits per heavy atom. The van der Waals surface area contributed by atoms with E-state index in [2.05, 4.69) is 10.3 Å². The molecule has 0 saturated carbocycles. The largest absolute Gasteiger partial charge is 0.378 e. The molecule has 3 aromatic rings. The molecule has 2 aromatic carbocycles. The van der Waals surface area contributed by atoms with E-state index in [0.29, 0.717) is 10.7 Å². The zero-order valence-corrected chi connectivity index (χ0v) is 13.7. The molecule has 0 spiro atoms. The van der Waals surface area contributed by atoms with Gasteiger partial charge in [-0.25, -0.2) is 4.98 Å². The number of amides is 1. The number of aliphatic hydroxyl groups excluding tert-OH is 1. The number of carbonyl (C=O) groups is 1. The smallest absolute Gasteiger partial charge is 0.259 e. The van der Waals surface area contributed by atoms with Gasteiger partial charge in [0, 0.05) is 0 Å². The molecule has 1 aromatic heterocycles. The van der Waals surface area contributed by atoms with Gasteiger partial charge >= 0.3 is 0 Å². The molecule has 0 unspecified atom stereocenters. The lowest BCUT2D eigenvalue weighted by molar-refractivity contribution is -0.124. The SMILES string of the molecule is Cc1ccc2nc(NC(=O)[C@@H](O)c3ccccc3)sc2c1.S. The minimum absolute atomic E-state index is 0. The first-order chi connectivity index (χ1) is 10.1. The predicted octanol–water partition coefficient (Wildman–Crippen LogP) is 3.39. The number of hydrogen-bond acceptors (Lipinski definition) is 4. The van der Waals surface area contributed by atoms with Crippen molar-refractivity contribution in [2.75, 3.05) is 5.32 Å². The molecule has 4 nitrogen and oxygen atoms in total. The number of thiazole rings is 1. The summed E-state index contributed by atoms with van der Waals surface area (Å²) in [6.45, 7) is 2.01. The van der Waals surface area contributed by atoms with Gasteiger partial charge in [-0.3, -0.25) is 10.1 Å². The number of nitrogens with zero attached hydrogens (tertiary/aromatic N) is 1. The van der Waals surface area contributed by atoms with Crippen molar-refractivity contribution in [3.05, 3.63) is 59.7 Å². The van der Waals surface area contributed by atoms with E-state index < -0.39 is 12.0 Å². The number of aryl methyl sites for hydroxylation is 1. The molecule has 0 fully saturated rings. The normalized spacial score (nSPS) is 11.7. The van der Waals surface area contributed by atoms with Crippen molar-refractivity contribution in [1.82, 2.24) is 4.98 Å². The quantitative estimate of drug-likeness (QED) is 0.773. The summed E-state index contributed by atoms with van der Waals surface area (Å²) >= 11 is 1.40. The maximum atomic E-state index is 12.1. The molecule has 114 valence electrons. The van der Waals surface area contributed by atoms with Crippen molar-refractivity contribution in [2.24, 2.45) is 0 Å². The Labute approximate surface area is 139 Å². The Morgan fingerprint density at radius 1 is 1.23 bits per heavy atom. The van der Waals surface area contributed by atoms with Gasteiger partial charge in [-0.1, -0.05) is 47.7 Å². The number of nitrogens with one attached hydrogen (secondary N) is 1. The van der Waals surface area contributed by atoms with E-state index in [1.165, 1.54) is 11.3 Å². The Kier molecular flexibility index (Phi) is 5.18. The highest BCUT2D eigenvalue weighted by Crippen LogP contribution is 2.27. The summed E-state index contributed by atoms with van der Waals surface area (Å²) in [7, 11) is 0. The average molecular weight is 332 g/mol.